The molecule has 4 saturated carbocycles. The number of hydrogen-bond donors (Lipinski definition) is 0. The predicted molar refractivity (Wildman–Crippen MR) is 251 cm³/mol. The summed E-state index contributed by atoms with van der Waals surface area (Å²) in [6, 6.07) is 46.1. The maximum Gasteiger partial charge on any atom is 4.00 e. The fourth-order valence-corrected chi connectivity index (χ4v) is 19.0. The summed E-state index contributed by atoms with van der Waals surface area (Å²) in [5.41, 5.74) is 9.42. The standard InChI is InChI=1S/2C27H32P.2ClH.Ti/c2*1-4-11-21(12-5-1)26-18-10-13-22-19-25(20-27(22)26)28(23-14-6-2-7-15-23)24-16-8-3-9-17-24;;;/h2*1,4-5,10-13,18-20,23-24H,2-3,6-9,14-17H2;2*1H;/q2*-1;;;+4/p-2. The largest absolute Gasteiger partial charge is 4.00 e. The van der Waals surface area contributed by atoms with Crippen molar-refractivity contribution in [3.05, 3.63) is 121 Å². The molecule has 0 atom stereocenters. The quantitative estimate of drug-likeness (QED) is 0.0812. The molecule has 4 fully saturated rings. The van der Waals surface area contributed by atoms with Gasteiger partial charge in [-0.15, -0.1) is 68.6 Å². The Labute approximate surface area is 386 Å². The first-order valence-electron chi connectivity index (χ1n) is 22.9. The fraction of sp³-hybridized carbons (Fsp3) is 0.444. The van der Waals surface area contributed by atoms with Crippen LogP contribution in [0, 0.1) is 0 Å². The van der Waals surface area contributed by atoms with Gasteiger partial charge in [-0.1, -0.05) is 177 Å². The van der Waals surface area contributed by atoms with Gasteiger partial charge in [0.1, 0.15) is 0 Å². The van der Waals surface area contributed by atoms with Gasteiger partial charge in [-0.05, 0) is 85.1 Å². The van der Waals surface area contributed by atoms with Crippen LogP contribution in [0.25, 0.3) is 43.8 Å². The number of hydrogen-bond acceptors (Lipinski definition) is 0. The summed E-state index contributed by atoms with van der Waals surface area (Å²) in [6.07, 6.45) is 29.4. The maximum atomic E-state index is 2.60. The van der Waals surface area contributed by atoms with Gasteiger partial charge >= 0.3 is 21.7 Å². The topological polar surface area (TPSA) is 0 Å². The molecule has 0 saturated heterocycles. The smallest absolute Gasteiger partial charge is 1.00 e. The molecule has 0 radical (unpaired) electrons. The van der Waals surface area contributed by atoms with Gasteiger partial charge in [-0.25, -0.2) is 0 Å². The first kappa shape index (κ1) is 46.7. The Kier molecular flexibility index (Phi) is 18.3. The van der Waals surface area contributed by atoms with Crippen LogP contribution in [0.1, 0.15) is 128 Å². The van der Waals surface area contributed by atoms with Gasteiger partial charge in [0.2, 0.25) is 0 Å². The van der Waals surface area contributed by atoms with Crippen molar-refractivity contribution in [2.45, 2.75) is 151 Å². The molecule has 5 heteroatoms. The Morgan fingerprint density at radius 3 is 0.966 bits per heavy atom. The Morgan fingerprint density at radius 1 is 0.356 bits per heavy atom. The normalized spacial score (nSPS) is 18.5. The zero-order chi connectivity index (χ0) is 37.5. The number of fused-ring (bicyclic) bond motifs is 2. The van der Waals surface area contributed by atoms with Crippen LogP contribution in [0.5, 0.6) is 0 Å². The Morgan fingerprint density at radius 2 is 0.661 bits per heavy atom. The van der Waals surface area contributed by atoms with E-state index in [-0.39, 0.29) is 62.4 Å². The summed E-state index contributed by atoms with van der Waals surface area (Å²) in [7, 11) is -0.0404. The molecule has 4 aliphatic carbocycles. The van der Waals surface area contributed by atoms with Crippen molar-refractivity contribution in [1.29, 1.82) is 0 Å². The summed E-state index contributed by atoms with van der Waals surface area (Å²) in [5, 5.41) is 9.29. The summed E-state index contributed by atoms with van der Waals surface area (Å²) in [4.78, 5) is 0. The van der Waals surface area contributed by atoms with Gasteiger partial charge < -0.3 is 24.8 Å². The SMILES string of the molecule is [Cl-].[Cl-].[Ti+4].c1ccc(-c2cccc3[cH-]c(P(C4CCCCC4)C4CCCCC4)cc23)cc1.c1ccc(-c2cccc3[cH-]c(P(C4CCCCC4)C4CCCCC4)cc23)cc1. The van der Waals surface area contributed by atoms with E-state index >= 15 is 0 Å². The molecule has 0 bridgehead atoms. The molecule has 0 unspecified atom stereocenters. The Hall–Kier alpha value is -1.75. The van der Waals surface area contributed by atoms with Crippen molar-refractivity contribution >= 4 is 48.0 Å². The summed E-state index contributed by atoms with van der Waals surface area (Å²) in [5.74, 6) is 0. The first-order chi connectivity index (χ1) is 27.8. The average molecular weight is 894 g/mol. The van der Waals surface area contributed by atoms with Crippen LogP contribution in [-0.4, -0.2) is 22.6 Å². The van der Waals surface area contributed by atoms with Crippen molar-refractivity contribution in [2.75, 3.05) is 0 Å². The molecule has 0 N–H and O–H groups in total. The second-order valence-corrected chi connectivity index (χ2v) is 23.3. The first-order valence-corrected chi connectivity index (χ1v) is 25.8. The van der Waals surface area contributed by atoms with Gasteiger partial charge in [0.15, 0.2) is 0 Å². The summed E-state index contributed by atoms with van der Waals surface area (Å²) >= 11 is 0. The molecule has 4 aliphatic rings. The van der Waals surface area contributed by atoms with E-state index in [1.54, 1.807) is 10.6 Å². The number of rotatable bonds is 8. The van der Waals surface area contributed by atoms with Gasteiger partial charge in [-0.2, -0.15) is 12.1 Å². The van der Waals surface area contributed by atoms with Crippen molar-refractivity contribution in [2.24, 2.45) is 0 Å². The van der Waals surface area contributed by atoms with Gasteiger partial charge in [0.25, 0.3) is 0 Å². The van der Waals surface area contributed by atoms with Crippen molar-refractivity contribution in [1.82, 2.24) is 0 Å². The van der Waals surface area contributed by atoms with E-state index in [1.165, 1.54) is 172 Å². The zero-order valence-corrected chi connectivity index (χ0v) is 40.0. The van der Waals surface area contributed by atoms with Gasteiger partial charge in [0.05, 0.1) is 0 Å². The van der Waals surface area contributed by atoms with E-state index in [1.807, 2.05) is 0 Å². The van der Waals surface area contributed by atoms with Crippen LogP contribution in [0.4, 0.5) is 0 Å². The van der Waals surface area contributed by atoms with E-state index < -0.39 is 0 Å². The summed E-state index contributed by atoms with van der Waals surface area (Å²) < 4.78 is 0. The molecule has 6 aromatic rings. The van der Waals surface area contributed by atoms with E-state index in [0.29, 0.717) is 0 Å². The third kappa shape index (κ3) is 11.1. The minimum atomic E-state index is -0.0202. The predicted octanol–water partition coefficient (Wildman–Crippen LogP) is 10.0. The molecule has 6 aromatic carbocycles. The van der Waals surface area contributed by atoms with Crippen LogP contribution in [0.15, 0.2) is 121 Å². The number of halogens is 2. The van der Waals surface area contributed by atoms with Crippen molar-refractivity contribution in [3.8, 4) is 22.3 Å². The molecule has 0 aliphatic heterocycles. The van der Waals surface area contributed by atoms with Crippen LogP contribution < -0.4 is 35.4 Å². The third-order valence-corrected chi connectivity index (χ3v) is 21.0. The summed E-state index contributed by atoms with van der Waals surface area (Å²) in [6.45, 7) is 0. The van der Waals surface area contributed by atoms with Crippen LogP contribution in [0.3, 0.4) is 0 Å². The second-order valence-electron chi connectivity index (χ2n) is 17.8. The molecule has 59 heavy (non-hydrogen) atoms. The Bertz CT molecular complexity index is 1930. The van der Waals surface area contributed by atoms with Crippen LogP contribution >= 0.6 is 15.8 Å². The molecule has 0 amide bonds. The van der Waals surface area contributed by atoms with E-state index in [2.05, 4.69) is 121 Å². The van der Waals surface area contributed by atoms with Crippen LogP contribution in [0.2, 0.25) is 0 Å². The second kappa shape index (κ2) is 23.1. The maximum absolute atomic E-state index is 2.60. The van der Waals surface area contributed by atoms with E-state index in [9.17, 15) is 0 Å². The van der Waals surface area contributed by atoms with Crippen LogP contribution in [-0.2, 0) is 21.7 Å². The van der Waals surface area contributed by atoms with Crippen molar-refractivity contribution < 1.29 is 46.5 Å². The monoisotopic (exact) mass is 892 g/mol. The molecule has 0 nitrogen and oxygen atoms in total. The zero-order valence-electron chi connectivity index (χ0n) is 35.1. The third-order valence-electron chi connectivity index (χ3n) is 14.1. The van der Waals surface area contributed by atoms with Crippen molar-refractivity contribution in [3.63, 3.8) is 0 Å². The fourth-order valence-electron chi connectivity index (χ4n) is 11.4. The Balaban J connectivity index is 0.000000189. The molecule has 0 heterocycles. The molecule has 308 valence electrons. The molecular formula is C54H64Cl2P2Ti. The van der Waals surface area contributed by atoms with Gasteiger partial charge in [-0.3, -0.25) is 0 Å². The van der Waals surface area contributed by atoms with E-state index in [0.717, 1.165) is 22.6 Å². The van der Waals surface area contributed by atoms with E-state index in [4.69, 9.17) is 0 Å². The number of benzene rings is 4. The molecule has 10 rings (SSSR count). The van der Waals surface area contributed by atoms with Gasteiger partial charge in [0, 0.05) is 0 Å². The molecule has 0 spiro atoms. The molecular weight excluding hydrogens is 829 g/mol. The molecule has 0 aromatic heterocycles. The minimum Gasteiger partial charge on any atom is -1.00 e. The average Bonchev–Trinajstić information content (AvgIpc) is 3.91. The minimum absolute atomic E-state index is 0.